The number of rotatable bonds is 6. The molecule has 13 rings (SSSR count). The van der Waals surface area contributed by atoms with E-state index in [0.717, 1.165) is 0 Å². The highest BCUT2D eigenvalue weighted by Gasteiger charge is 2.36. The van der Waals surface area contributed by atoms with Gasteiger partial charge in [0.25, 0.3) is 0 Å². The average molecular weight is 829 g/mol. The number of benzene rings is 10. The Morgan fingerprint density at radius 3 is 1.57 bits per heavy atom. The van der Waals surface area contributed by atoms with E-state index in [-0.39, 0.29) is 5.41 Å². The van der Waals surface area contributed by atoms with Crippen molar-refractivity contribution >= 4 is 66.5 Å². The van der Waals surface area contributed by atoms with Crippen LogP contribution in [0, 0.1) is 0 Å². The predicted molar refractivity (Wildman–Crippen MR) is 276 cm³/mol. The summed E-state index contributed by atoms with van der Waals surface area (Å²) in [5.41, 5.74) is 19.9. The quantitative estimate of drug-likeness (QED) is 0.148. The zero-order valence-electron chi connectivity index (χ0n) is 36.3. The molecule has 0 fully saturated rings. The lowest BCUT2D eigenvalue weighted by Gasteiger charge is -2.22. The second-order valence-corrected chi connectivity index (χ2v) is 18.1. The highest BCUT2D eigenvalue weighted by atomic mass is 15.0. The van der Waals surface area contributed by atoms with E-state index >= 15 is 0 Å². The van der Waals surface area contributed by atoms with Gasteiger partial charge in [-0.25, -0.2) is 0 Å². The first-order chi connectivity index (χ1) is 32.0. The third-order valence-corrected chi connectivity index (χ3v) is 14.1. The smallest absolute Gasteiger partial charge is 0.0541 e. The fourth-order valence-electron chi connectivity index (χ4n) is 10.8. The van der Waals surface area contributed by atoms with Gasteiger partial charge < -0.3 is 9.13 Å². The highest BCUT2D eigenvalue weighted by molar-refractivity contribution is 6.12. The maximum absolute atomic E-state index is 2.44. The number of aromatic nitrogens is 2. The van der Waals surface area contributed by atoms with Crippen molar-refractivity contribution in [2.45, 2.75) is 19.3 Å². The first-order valence-corrected chi connectivity index (χ1v) is 22.7. The van der Waals surface area contributed by atoms with Crippen LogP contribution in [0.2, 0.25) is 0 Å². The van der Waals surface area contributed by atoms with Crippen LogP contribution in [0.15, 0.2) is 218 Å². The second kappa shape index (κ2) is 14.4. The van der Waals surface area contributed by atoms with Crippen LogP contribution in [0.1, 0.15) is 36.1 Å². The molecule has 2 aromatic heterocycles. The predicted octanol–water partition coefficient (Wildman–Crippen LogP) is 16.8. The topological polar surface area (TPSA) is 9.86 Å². The molecule has 0 N–H and O–H groups in total. The van der Waals surface area contributed by atoms with Crippen LogP contribution in [0.4, 0.5) is 0 Å². The molecule has 2 nitrogen and oxygen atoms in total. The van der Waals surface area contributed by atoms with Crippen molar-refractivity contribution in [1.29, 1.82) is 0 Å². The maximum Gasteiger partial charge on any atom is 0.0541 e. The third-order valence-electron chi connectivity index (χ3n) is 14.1. The monoisotopic (exact) mass is 828 g/mol. The number of hydrogen-bond acceptors (Lipinski definition) is 0. The molecule has 65 heavy (non-hydrogen) atoms. The molecule has 10 aromatic carbocycles. The van der Waals surface area contributed by atoms with Gasteiger partial charge in [-0.3, -0.25) is 0 Å². The van der Waals surface area contributed by atoms with Crippen molar-refractivity contribution in [3.63, 3.8) is 0 Å². The molecule has 2 heteroatoms. The Kier molecular flexibility index (Phi) is 8.29. The van der Waals surface area contributed by atoms with Crippen molar-refractivity contribution in [3.8, 4) is 44.8 Å². The minimum Gasteiger partial charge on any atom is -0.309 e. The van der Waals surface area contributed by atoms with E-state index in [0.29, 0.717) is 0 Å². The van der Waals surface area contributed by atoms with Crippen LogP contribution in [0.5, 0.6) is 0 Å². The third kappa shape index (κ3) is 5.88. The van der Waals surface area contributed by atoms with Crippen molar-refractivity contribution in [1.82, 2.24) is 9.13 Å². The van der Waals surface area contributed by atoms with Gasteiger partial charge in [0, 0.05) is 38.0 Å². The van der Waals surface area contributed by atoms with Crippen LogP contribution in [-0.2, 0) is 5.41 Å². The Hall–Kier alpha value is -8.20. The summed E-state index contributed by atoms with van der Waals surface area (Å²) in [6.07, 6.45) is 4.46. The van der Waals surface area contributed by atoms with E-state index in [1.54, 1.807) is 0 Å². The van der Waals surface area contributed by atoms with Gasteiger partial charge in [0.05, 0.1) is 27.8 Å². The fourth-order valence-corrected chi connectivity index (χ4v) is 10.8. The summed E-state index contributed by atoms with van der Waals surface area (Å²) in [5.74, 6) is 0. The lowest BCUT2D eigenvalue weighted by Crippen LogP contribution is -2.15. The van der Waals surface area contributed by atoms with Crippen LogP contribution >= 0.6 is 0 Å². The van der Waals surface area contributed by atoms with Crippen molar-refractivity contribution in [2.75, 3.05) is 0 Å². The molecule has 0 spiro atoms. The van der Waals surface area contributed by atoms with Gasteiger partial charge in [-0.2, -0.15) is 0 Å². The molecule has 306 valence electrons. The van der Waals surface area contributed by atoms with Gasteiger partial charge in [-0.1, -0.05) is 178 Å². The van der Waals surface area contributed by atoms with E-state index < -0.39 is 0 Å². The largest absolute Gasteiger partial charge is 0.309 e. The summed E-state index contributed by atoms with van der Waals surface area (Å²) in [7, 11) is 0. The molecule has 0 saturated carbocycles. The summed E-state index contributed by atoms with van der Waals surface area (Å²) >= 11 is 0. The molecular formula is C63H44N2. The van der Waals surface area contributed by atoms with Gasteiger partial charge in [0.1, 0.15) is 0 Å². The summed E-state index contributed by atoms with van der Waals surface area (Å²) in [4.78, 5) is 0. The summed E-state index contributed by atoms with van der Waals surface area (Å²) in [5, 5.41) is 7.57. The molecule has 12 aromatic rings. The van der Waals surface area contributed by atoms with Crippen LogP contribution in [-0.4, -0.2) is 9.13 Å². The Labute approximate surface area is 378 Å². The Bertz CT molecular complexity index is 3890. The standard InChI is InChI=1S/C63H44N2/c1-63(2)56-39-46(43-28-25-41(26-29-43)23-24-42-27-35-61-54(37-42)52-18-8-10-20-59(52)64(61)48-15-4-3-5-16-48)30-33-50(56)51-34-31-47(40-57(51)63)45-32-36-62-55(38-45)53-19-9-11-21-60(53)65(62)58-22-12-14-44-13-6-7-17-49(44)58/h3-40H,1-2H3. The number of hydrogen-bond donors (Lipinski definition) is 0. The molecule has 1 aliphatic carbocycles. The molecule has 0 radical (unpaired) electrons. The van der Waals surface area contributed by atoms with Crippen LogP contribution in [0.3, 0.4) is 0 Å². The van der Waals surface area contributed by atoms with E-state index in [4.69, 9.17) is 0 Å². The molecule has 0 aliphatic heterocycles. The minimum absolute atomic E-state index is 0.150. The zero-order valence-corrected chi connectivity index (χ0v) is 36.3. The molecule has 0 unspecified atom stereocenters. The van der Waals surface area contributed by atoms with E-state index in [1.165, 1.54) is 121 Å². The minimum atomic E-state index is -0.150. The van der Waals surface area contributed by atoms with Crippen LogP contribution < -0.4 is 0 Å². The lowest BCUT2D eigenvalue weighted by atomic mass is 9.81. The van der Waals surface area contributed by atoms with Crippen molar-refractivity contribution < 1.29 is 0 Å². The van der Waals surface area contributed by atoms with Gasteiger partial charge >= 0.3 is 0 Å². The van der Waals surface area contributed by atoms with Gasteiger partial charge in [-0.15, -0.1) is 0 Å². The second-order valence-electron chi connectivity index (χ2n) is 18.1. The summed E-state index contributed by atoms with van der Waals surface area (Å²) in [6.45, 7) is 4.77. The first-order valence-electron chi connectivity index (χ1n) is 22.7. The number of para-hydroxylation sites is 3. The molecule has 1 aliphatic rings. The average Bonchev–Trinajstić information content (AvgIpc) is 3.95. The normalized spacial score (nSPS) is 13.1. The highest BCUT2D eigenvalue weighted by Crippen LogP contribution is 2.51. The molecule has 0 atom stereocenters. The molecule has 0 bridgehead atoms. The van der Waals surface area contributed by atoms with Crippen molar-refractivity contribution in [3.05, 3.63) is 241 Å². The number of nitrogens with zero attached hydrogens (tertiary/aromatic N) is 2. The Balaban J connectivity index is 0.792. The lowest BCUT2D eigenvalue weighted by molar-refractivity contribution is 0.661. The summed E-state index contributed by atoms with van der Waals surface area (Å²) < 4.78 is 4.80. The van der Waals surface area contributed by atoms with E-state index in [1.807, 2.05) is 0 Å². The Morgan fingerprint density at radius 1 is 0.338 bits per heavy atom. The fraction of sp³-hybridized carbons (Fsp3) is 0.0476. The summed E-state index contributed by atoms with van der Waals surface area (Å²) in [6, 6.07) is 80.5. The van der Waals surface area contributed by atoms with E-state index in [2.05, 4.69) is 254 Å². The SMILES string of the molecule is CC1(C)c2cc(-c3ccc(C=Cc4ccc5c(c4)c4ccccc4n5-c4ccccc4)cc3)ccc2-c2ccc(-c3ccc4c(c3)c3ccccc3n4-c3cccc4ccccc34)cc21. The molecule has 2 heterocycles. The van der Waals surface area contributed by atoms with Crippen LogP contribution in [0.25, 0.3) is 111 Å². The van der Waals surface area contributed by atoms with Gasteiger partial charge in [0.15, 0.2) is 0 Å². The zero-order chi connectivity index (χ0) is 43.2. The maximum atomic E-state index is 2.44. The molecule has 0 amide bonds. The van der Waals surface area contributed by atoms with Gasteiger partial charge in [-0.05, 0) is 128 Å². The van der Waals surface area contributed by atoms with Crippen molar-refractivity contribution in [2.24, 2.45) is 0 Å². The Morgan fingerprint density at radius 2 is 0.831 bits per heavy atom. The molecule has 0 saturated heterocycles. The van der Waals surface area contributed by atoms with E-state index in [9.17, 15) is 0 Å². The molecular weight excluding hydrogens is 785 g/mol. The van der Waals surface area contributed by atoms with Gasteiger partial charge in [0.2, 0.25) is 0 Å². The number of fused-ring (bicyclic) bond motifs is 10. The first kappa shape index (κ1) is 37.4.